The van der Waals surface area contributed by atoms with E-state index in [0.717, 1.165) is 32.5 Å². The van der Waals surface area contributed by atoms with E-state index in [4.69, 9.17) is 5.73 Å². The lowest BCUT2D eigenvalue weighted by atomic mass is 9.88. The van der Waals surface area contributed by atoms with Crippen molar-refractivity contribution in [2.75, 3.05) is 13.1 Å². The summed E-state index contributed by atoms with van der Waals surface area (Å²) in [7, 11) is 0. The van der Waals surface area contributed by atoms with E-state index in [1.54, 1.807) is 0 Å². The molecule has 0 saturated carbocycles. The molecule has 1 aliphatic heterocycles. The summed E-state index contributed by atoms with van der Waals surface area (Å²) < 4.78 is 0. The Morgan fingerprint density at radius 3 is 2.48 bits per heavy atom. The van der Waals surface area contributed by atoms with Gasteiger partial charge in [0.1, 0.15) is 0 Å². The second kappa shape index (κ2) is 7.29. The first-order valence-electron chi connectivity index (χ1n) is 8.68. The normalized spacial score (nSPS) is 22.2. The van der Waals surface area contributed by atoms with Gasteiger partial charge in [-0.1, -0.05) is 48.5 Å². The second-order valence-electron chi connectivity index (χ2n) is 7.16. The van der Waals surface area contributed by atoms with E-state index in [-0.39, 0.29) is 0 Å². The van der Waals surface area contributed by atoms with Crippen LogP contribution < -0.4 is 5.73 Å². The molecule has 1 aliphatic rings. The van der Waals surface area contributed by atoms with Gasteiger partial charge in [0, 0.05) is 25.7 Å². The predicted molar refractivity (Wildman–Crippen MR) is 97.4 cm³/mol. The van der Waals surface area contributed by atoms with E-state index in [1.165, 1.54) is 22.3 Å². The van der Waals surface area contributed by atoms with Crippen LogP contribution in [-0.4, -0.2) is 24.0 Å². The molecule has 2 atom stereocenters. The minimum absolute atomic E-state index is 0.295. The first kappa shape index (κ1) is 16.2. The number of nitrogens with two attached hydrogens (primary N) is 1. The Hall–Kier alpha value is -1.64. The Labute approximate surface area is 140 Å². The van der Waals surface area contributed by atoms with Gasteiger partial charge in [-0.05, 0) is 54.9 Å². The summed E-state index contributed by atoms with van der Waals surface area (Å²) >= 11 is 0. The summed E-state index contributed by atoms with van der Waals surface area (Å²) in [5.41, 5.74) is 11.9. The molecule has 0 radical (unpaired) electrons. The maximum absolute atomic E-state index is 6.34. The third kappa shape index (κ3) is 4.43. The zero-order valence-electron chi connectivity index (χ0n) is 14.3. The van der Waals surface area contributed by atoms with Crippen molar-refractivity contribution in [3.63, 3.8) is 0 Å². The minimum Gasteiger partial charge on any atom is -0.327 e. The van der Waals surface area contributed by atoms with Crippen LogP contribution in [0.3, 0.4) is 0 Å². The van der Waals surface area contributed by atoms with Crippen LogP contribution in [0.15, 0.2) is 48.5 Å². The lowest BCUT2D eigenvalue weighted by molar-refractivity contribution is 0.149. The Bertz CT molecular complexity index is 636. The molecule has 2 nitrogen and oxygen atoms in total. The Kier molecular flexibility index (Phi) is 5.14. The molecule has 3 rings (SSSR count). The maximum Gasteiger partial charge on any atom is 0.0234 e. The quantitative estimate of drug-likeness (QED) is 0.933. The Morgan fingerprint density at radius 2 is 1.74 bits per heavy atom. The van der Waals surface area contributed by atoms with Gasteiger partial charge in [-0.25, -0.2) is 0 Å². The maximum atomic E-state index is 6.34. The van der Waals surface area contributed by atoms with Gasteiger partial charge in [0.2, 0.25) is 0 Å². The molecular formula is C21H28N2. The second-order valence-corrected chi connectivity index (χ2v) is 7.16. The van der Waals surface area contributed by atoms with E-state index in [2.05, 4.69) is 67.3 Å². The highest BCUT2D eigenvalue weighted by Gasteiger charge is 2.25. The van der Waals surface area contributed by atoms with Gasteiger partial charge in [-0.15, -0.1) is 0 Å². The molecule has 0 aliphatic carbocycles. The van der Waals surface area contributed by atoms with Crippen LogP contribution in [0, 0.1) is 19.8 Å². The number of rotatable bonds is 4. The Morgan fingerprint density at radius 1 is 0.957 bits per heavy atom. The van der Waals surface area contributed by atoms with E-state index in [0.29, 0.717) is 12.0 Å². The van der Waals surface area contributed by atoms with Crippen molar-refractivity contribution >= 4 is 0 Å². The largest absolute Gasteiger partial charge is 0.327 e. The predicted octanol–water partition coefficient (Wildman–Crippen LogP) is 3.70. The van der Waals surface area contributed by atoms with Crippen LogP contribution in [0.1, 0.15) is 28.7 Å². The summed E-state index contributed by atoms with van der Waals surface area (Å²) in [5, 5.41) is 0. The van der Waals surface area contributed by atoms with E-state index in [1.807, 2.05) is 0 Å². The molecule has 2 aromatic carbocycles. The smallest absolute Gasteiger partial charge is 0.0234 e. The number of nitrogens with zero attached hydrogens (tertiary/aromatic N) is 1. The van der Waals surface area contributed by atoms with Gasteiger partial charge in [0.15, 0.2) is 0 Å². The molecule has 2 aromatic rings. The van der Waals surface area contributed by atoms with Gasteiger partial charge in [0.05, 0.1) is 0 Å². The lowest BCUT2D eigenvalue weighted by Gasteiger charge is -2.36. The molecule has 23 heavy (non-hydrogen) atoms. The topological polar surface area (TPSA) is 29.3 Å². The molecule has 2 N–H and O–H groups in total. The monoisotopic (exact) mass is 308 g/mol. The van der Waals surface area contributed by atoms with Crippen LogP contribution in [0.2, 0.25) is 0 Å². The van der Waals surface area contributed by atoms with Crippen LogP contribution in [0.5, 0.6) is 0 Å². The van der Waals surface area contributed by atoms with Crippen LogP contribution in [0.25, 0.3) is 0 Å². The average molecular weight is 308 g/mol. The van der Waals surface area contributed by atoms with Crippen molar-refractivity contribution in [3.8, 4) is 0 Å². The molecule has 122 valence electrons. The highest BCUT2D eigenvalue weighted by molar-refractivity contribution is 5.30. The van der Waals surface area contributed by atoms with E-state index in [9.17, 15) is 0 Å². The van der Waals surface area contributed by atoms with Gasteiger partial charge in [-0.3, -0.25) is 4.90 Å². The first-order valence-corrected chi connectivity index (χ1v) is 8.68. The molecule has 2 unspecified atom stereocenters. The highest BCUT2D eigenvalue weighted by atomic mass is 15.1. The summed E-state index contributed by atoms with van der Waals surface area (Å²) in [6, 6.07) is 17.9. The lowest BCUT2D eigenvalue weighted by Crippen LogP contribution is -2.47. The van der Waals surface area contributed by atoms with Gasteiger partial charge in [-0.2, -0.15) is 0 Å². The van der Waals surface area contributed by atoms with Crippen molar-refractivity contribution in [2.45, 2.75) is 39.3 Å². The number of likely N-dealkylation sites (tertiary alicyclic amines) is 1. The first-order chi connectivity index (χ1) is 11.1. The number of hydrogen-bond donors (Lipinski definition) is 1. The number of piperidine rings is 1. The number of hydrogen-bond acceptors (Lipinski definition) is 2. The average Bonchev–Trinajstić information content (AvgIpc) is 2.51. The summed E-state index contributed by atoms with van der Waals surface area (Å²) in [5.74, 6) is 0.657. The zero-order chi connectivity index (χ0) is 16.2. The molecule has 2 heteroatoms. The third-order valence-electron chi connectivity index (χ3n) is 4.99. The van der Waals surface area contributed by atoms with E-state index < -0.39 is 0 Å². The SMILES string of the molecule is Cc1ccc(CC2CC(N)CN(Cc3ccccc3)C2)cc1C. The van der Waals surface area contributed by atoms with Crippen molar-refractivity contribution in [1.29, 1.82) is 0 Å². The number of aryl methyl sites for hydroxylation is 2. The third-order valence-corrected chi connectivity index (χ3v) is 4.99. The minimum atomic E-state index is 0.295. The molecule has 0 amide bonds. The molecule has 1 heterocycles. The van der Waals surface area contributed by atoms with Crippen molar-refractivity contribution in [2.24, 2.45) is 11.7 Å². The van der Waals surface area contributed by atoms with Crippen molar-refractivity contribution in [1.82, 2.24) is 4.90 Å². The molecule has 0 aromatic heterocycles. The van der Waals surface area contributed by atoms with Gasteiger partial charge < -0.3 is 5.73 Å². The molecule has 0 bridgehead atoms. The zero-order valence-corrected chi connectivity index (χ0v) is 14.3. The Balaban J connectivity index is 1.64. The van der Waals surface area contributed by atoms with Gasteiger partial charge >= 0.3 is 0 Å². The highest BCUT2D eigenvalue weighted by Crippen LogP contribution is 2.23. The van der Waals surface area contributed by atoms with Gasteiger partial charge in [0.25, 0.3) is 0 Å². The van der Waals surface area contributed by atoms with Crippen molar-refractivity contribution < 1.29 is 0 Å². The van der Waals surface area contributed by atoms with Crippen LogP contribution in [-0.2, 0) is 13.0 Å². The molecule has 1 saturated heterocycles. The standard InChI is InChI=1S/C21H28N2/c1-16-8-9-19(10-17(16)2)11-20-12-21(22)15-23(14-20)13-18-6-4-3-5-7-18/h3-10,20-21H,11-15,22H2,1-2H3. The summed E-state index contributed by atoms with van der Waals surface area (Å²) in [6.07, 6.45) is 2.28. The van der Waals surface area contributed by atoms with E-state index >= 15 is 0 Å². The molecule has 1 fully saturated rings. The molecule has 0 spiro atoms. The fourth-order valence-corrected chi connectivity index (χ4v) is 3.73. The fourth-order valence-electron chi connectivity index (χ4n) is 3.73. The molecular weight excluding hydrogens is 280 g/mol. The van der Waals surface area contributed by atoms with Crippen molar-refractivity contribution in [3.05, 3.63) is 70.8 Å². The van der Waals surface area contributed by atoms with Crippen LogP contribution >= 0.6 is 0 Å². The summed E-state index contributed by atoms with van der Waals surface area (Å²) in [4.78, 5) is 2.52. The fraction of sp³-hybridized carbons (Fsp3) is 0.429. The summed E-state index contributed by atoms with van der Waals surface area (Å²) in [6.45, 7) is 7.55. The van der Waals surface area contributed by atoms with Crippen LogP contribution in [0.4, 0.5) is 0 Å². The number of benzene rings is 2.